The van der Waals surface area contributed by atoms with Crippen molar-refractivity contribution in [2.24, 2.45) is 0 Å². The van der Waals surface area contributed by atoms with E-state index < -0.39 is 0 Å². The molecule has 0 atom stereocenters. The minimum Gasteiger partial charge on any atom is -0.144 e. The minimum absolute atomic E-state index is 0.653. The molecule has 0 radical (unpaired) electrons. The Bertz CT molecular complexity index is 447. The molecule has 1 aromatic carbocycles. The van der Waals surface area contributed by atoms with Crippen LogP contribution in [0.5, 0.6) is 0 Å². The van der Waals surface area contributed by atoms with E-state index in [9.17, 15) is 0 Å². The van der Waals surface area contributed by atoms with Gasteiger partial charge in [0.25, 0.3) is 0 Å². The normalized spacial score (nSPS) is 9.43. The van der Waals surface area contributed by atoms with Crippen molar-refractivity contribution in [3.05, 3.63) is 70.7 Å². The van der Waals surface area contributed by atoms with Crippen molar-refractivity contribution in [2.75, 3.05) is 0 Å². The quantitative estimate of drug-likeness (QED) is 0.418. The van der Waals surface area contributed by atoms with Crippen LogP contribution in [0.25, 0.3) is 0 Å². The molecule has 0 heterocycles. The van der Waals surface area contributed by atoms with Crippen LogP contribution in [0.2, 0.25) is 0 Å². The average Bonchev–Trinajstić information content (AvgIpc) is 2.51. The Morgan fingerprint density at radius 3 is 1.57 bits per heavy atom. The molecular weight excluding hydrogens is 296 g/mol. The molecule has 132 valence electrons. The summed E-state index contributed by atoms with van der Waals surface area (Å²) in [4.78, 5) is 0.774. The molecule has 0 fully saturated rings. The molecular formula is C22H38S. The van der Waals surface area contributed by atoms with Gasteiger partial charge in [0.05, 0.1) is 0 Å². The highest BCUT2D eigenvalue weighted by Gasteiger charge is 1.95. The summed E-state index contributed by atoms with van der Waals surface area (Å²) in [6.45, 7) is 25.9. The maximum Gasteiger partial charge on any atom is -0.00293 e. The van der Waals surface area contributed by atoms with Crippen LogP contribution < -0.4 is 0 Å². The van der Waals surface area contributed by atoms with E-state index in [0.717, 1.165) is 16.1 Å². The fraction of sp³-hybridized carbons (Fsp3) is 0.455. The van der Waals surface area contributed by atoms with Gasteiger partial charge in [0.2, 0.25) is 0 Å². The predicted octanol–water partition coefficient (Wildman–Crippen LogP) is 8.12. The summed E-state index contributed by atoms with van der Waals surface area (Å²) in [6.07, 6.45) is 1.89. The molecule has 0 aromatic heterocycles. The summed E-state index contributed by atoms with van der Waals surface area (Å²) < 4.78 is 0. The third kappa shape index (κ3) is 17.0. The Balaban J connectivity index is -0.000000287. The highest BCUT2D eigenvalue weighted by atomic mass is 32.1. The number of allylic oxidation sites excluding steroid dienone is 3. The fourth-order valence-electron chi connectivity index (χ4n) is 1.32. The Morgan fingerprint density at radius 1 is 0.957 bits per heavy atom. The van der Waals surface area contributed by atoms with Gasteiger partial charge >= 0.3 is 0 Å². The third-order valence-corrected chi connectivity index (χ3v) is 2.93. The van der Waals surface area contributed by atoms with E-state index in [4.69, 9.17) is 0 Å². The van der Waals surface area contributed by atoms with Gasteiger partial charge in [-0.05, 0) is 48.8 Å². The number of aryl methyl sites for hydroxylation is 1. The number of hydrogen-bond donors (Lipinski definition) is 1. The van der Waals surface area contributed by atoms with Crippen molar-refractivity contribution in [3.8, 4) is 0 Å². The van der Waals surface area contributed by atoms with Crippen LogP contribution in [0, 0.1) is 6.92 Å². The van der Waals surface area contributed by atoms with E-state index in [1.165, 1.54) is 11.1 Å². The van der Waals surface area contributed by atoms with Crippen LogP contribution in [0.4, 0.5) is 0 Å². The van der Waals surface area contributed by atoms with E-state index in [1.807, 2.05) is 47.6 Å². The van der Waals surface area contributed by atoms with E-state index in [1.54, 1.807) is 0 Å². The summed E-state index contributed by atoms with van der Waals surface area (Å²) in [5.74, 6) is 0.653. The van der Waals surface area contributed by atoms with Gasteiger partial charge in [-0.3, -0.25) is 0 Å². The highest BCUT2D eigenvalue weighted by molar-refractivity contribution is 7.84. The lowest BCUT2D eigenvalue weighted by atomic mass is 10.0. The molecule has 1 heteroatoms. The first-order valence-electron chi connectivity index (χ1n) is 8.52. The molecule has 1 rings (SSSR count). The first kappa shape index (κ1) is 26.7. The van der Waals surface area contributed by atoms with Gasteiger partial charge in [-0.1, -0.05) is 90.1 Å². The number of hydrogen-bond acceptors (Lipinski definition) is 1. The van der Waals surface area contributed by atoms with Crippen LogP contribution in [0.1, 0.15) is 72.4 Å². The standard InChI is InChI=1S/C10H14.C8H12S.2C2H6/c1-8(2)10-6-4-9(3)5-7-10;1-6(2)7(3)5-8(4)9;2*1-2/h4-8H,1-3H3;5,9H,1,4H2,2-3H3;2*1-2H3/b;7-5+;;. The van der Waals surface area contributed by atoms with Gasteiger partial charge in [0, 0.05) is 0 Å². The SMILES string of the molecule is C=C(S)/C=C(\C)C(=C)C.CC.CC.Cc1ccc(C(C)C)cc1. The summed E-state index contributed by atoms with van der Waals surface area (Å²) in [5, 5.41) is 0. The Morgan fingerprint density at radius 2 is 1.35 bits per heavy atom. The zero-order valence-corrected chi connectivity index (χ0v) is 17.7. The molecule has 23 heavy (non-hydrogen) atoms. The lowest BCUT2D eigenvalue weighted by molar-refractivity contribution is 0.866. The molecule has 0 N–H and O–H groups in total. The summed E-state index contributed by atoms with van der Waals surface area (Å²) in [7, 11) is 0. The molecule has 0 bridgehead atoms. The van der Waals surface area contributed by atoms with E-state index >= 15 is 0 Å². The maximum atomic E-state index is 4.02. The van der Waals surface area contributed by atoms with E-state index in [-0.39, 0.29) is 0 Å². The number of benzene rings is 1. The van der Waals surface area contributed by atoms with Gasteiger partial charge in [0.1, 0.15) is 0 Å². The van der Waals surface area contributed by atoms with Crippen molar-refractivity contribution < 1.29 is 0 Å². The minimum atomic E-state index is 0.653. The molecule has 0 spiro atoms. The molecule has 0 nitrogen and oxygen atoms in total. The van der Waals surface area contributed by atoms with Crippen LogP contribution in [0.15, 0.2) is 59.6 Å². The van der Waals surface area contributed by atoms with Crippen LogP contribution in [-0.2, 0) is 0 Å². The molecule has 0 saturated heterocycles. The average molecular weight is 335 g/mol. The number of thiol groups is 1. The molecule has 0 unspecified atom stereocenters. The zero-order valence-electron chi connectivity index (χ0n) is 16.8. The summed E-state index contributed by atoms with van der Waals surface area (Å²) in [6, 6.07) is 8.71. The van der Waals surface area contributed by atoms with Gasteiger partial charge in [-0.15, -0.1) is 12.6 Å². The van der Waals surface area contributed by atoms with Crippen LogP contribution >= 0.6 is 12.6 Å². The van der Waals surface area contributed by atoms with Gasteiger partial charge < -0.3 is 0 Å². The van der Waals surface area contributed by atoms with Gasteiger partial charge in [-0.2, -0.15) is 0 Å². The van der Waals surface area contributed by atoms with Crippen molar-refractivity contribution in [1.82, 2.24) is 0 Å². The lowest BCUT2D eigenvalue weighted by Crippen LogP contribution is -1.85. The summed E-state index contributed by atoms with van der Waals surface area (Å²) in [5.41, 5.74) is 4.95. The van der Waals surface area contributed by atoms with Crippen molar-refractivity contribution in [3.63, 3.8) is 0 Å². The smallest absolute Gasteiger partial charge is 0.00293 e. The second-order valence-electron chi connectivity index (χ2n) is 5.16. The van der Waals surface area contributed by atoms with E-state index in [0.29, 0.717) is 5.92 Å². The number of rotatable bonds is 3. The third-order valence-electron chi connectivity index (χ3n) is 2.80. The largest absolute Gasteiger partial charge is 0.144 e. The maximum absolute atomic E-state index is 4.02. The first-order chi connectivity index (χ1) is 10.7. The second kappa shape index (κ2) is 17.1. The van der Waals surface area contributed by atoms with Gasteiger partial charge in [-0.25, -0.2) is 0 Å². The Hall–Kier alpha value is -1.21. The van der Waals surface area contributed by atoms with Crippen molar-refractivity contribution in [1.29, 1.82) is 0 Å². The monoisotopic (exact) mass is 334 g/mol. The van der Waals surface area contributed by atoms with Crippen molar-refractivity contribution in [2.45, 2.75) is 68.2 Å². The summed E-state index contributed by atoms with van der Waals surface area (Å²) >= 11 is 4.02. The molecule has 0 aliphatic rings. The second-order valence-corrected chi connectivity index (χ2v) is 5.74. The zero-order chi connectivity index (χ0) is 19.0. The Kier molecular flexibility index (Phi) is 19.9. The molecule has 1 aromatic rings. The van der Waals surface area contributed by atoms with Crippen molar-refractivity contribution >= 4 is 12.6 Å². The molecule has 0 aliphatic heterocycles. The molecule has 0 amide bonds. The fourth-order valence-corrected chi connectivity index (χ4v) is 1.52. The molecule has 0 aliphatic carbocycles. The Labute approximate surface area is 151 Å². The van der Waals surface area contributed by atoms with Crippen LogP contribution in [0.3, 0.4) is 0 Å². The first-order valence-corrected chi connectivity index (χ1v) is 8.97. The van der Waals surface area contributed by atoms with Crippen LogP contribution in [-0.4, -0.2) is 0 Å². The lowest BCUT2D eigenvalue weighted by Gasteiger charge is -2.03. The highest BCUT2D eigenvalue weighted by Crippen LogP contribution is 2.13. The van der Waals surface area contributed by atoms with Gasteiger partial charge in [0.15, 0.2) is 0 Å². The van der Waals surface area contributed by atoms with E-state index in [2.05, 4.69) is 70.8 Å². The topological polar surface area (TPSA) is 0 Å². The molecule has 0 saturated carbocycles. The predicted molar refractivity (Wildman–Crippen MR) is 115 cm³/mol.